The van der Waals surface area contributed by atoms with Crippen LogP contribution in [0.2, 0.25) is 0 Å². The summed E-state index contributed by atoms with van der Waals surface area (Å²) in [6.45, 7) is 3.09. The quantitative estimate of drug-likeness (QED) is 0.501. The van der Waals surface area contributed by atoms with Crippen molar-refractivity contribution < 1.29 is 4.74 Å². The summed E-state index contributed by atoms with van der Waals surface area (Å²) in [5, 5.41) is 0. The summed E-state index contributed by atoms with van der Waals surface area (Å²) in [5.74, 6) is 0.947. The minimum Gasteiger partial charge on any atom is -0.494 e. The molecule has 0 aliphatic rings. The zero-order valence-corrected chi connectivity index (χ0v) is 11.0. The van der Waals surface area contributed by atoms with Crippen LogP contribution in [0.15, 0.2) is 29.3 Å². The second kappa shape index (κ2) is 7.33. The second-order valence-corrected chi connectivity index (χ2v) is 2.82. The van der Waals surface area contributed by atoms with E-state index in [1.807, 2.05) is 31.2 Å². The van der Waals surface area contributed by atoms with Crippen LogP contribution >= 0.6 is 24.0 Å². The fourth-order valence-corrected chi connectivity index (χ4v) is 1.08. The van der Waals surface area contributed by atoms with Crippen molar-refractivity contribution in [2.75, 3.05) is 6.61 Å². The van der Waals surface area contributed by atoms with E-state index in [2.05, 4.69) is 4.99 Å². The van der Waals surface area contributed by atoms with Crippen LogP contribution in [-0.4, -0.2) is 12.6 Å². The van der Waals surface area contributed by atoms with E-state index in [1.54, 1.807) is 0 Å². The van der Waals surface area contributed by atoms with Crippen LogP contribution < -0.4 is 16.2 Å². The van der Waals surface area contributed by atoms with Gasteiger partial charge in [0.05, 0.1) is 13.2 Å². The molecule has 4 nitrogen and oxygen atoms in total. The third-order valence-corrected chi connectivity index (χ3v) is 1.65. The van der Waals surface area contributed by atoms with Gasteiger partial charge in [0.15, 0.2) is 5.96 Å². The van der Waals surface area contributed by atoms with Crippen LogP contribution in [0, 0.1) is 0 Å². The maximum absolute atomic E-state index is 5.34. The van der Waals surface area contributed by atoms with Gasteiger partial charge in [0.2, 0.25) is 0 Å². The van der Waals surface area contributed by atoms with Crippen molar-refractivity contribution in [3.05, 3.63) is 29.8 Å². The van der Waals surface area contributed by atoms with E-state index in [9.17, 15) is 0 Å². The molecule has 0 radical (unpaired) electrons. The molecule has 0 aromatic heterocycles. The summed E-state index contributed by atoms with van der Waals surface area (Å²) < 4.78 is 5.34. The average molecular weight is 321 g/mol. The second-order valence-electron chi connectivity index (χ2n) is 2.82. The van der Waals surface area contributed by atoms with E-state index in [1.165, 1.54) is 0 Å². The normalized spacial score (nSPS) is 8.87. The maximum atomic E-state index is 5.34. The van der Waals surface area contributed by atoms with Gasteiger partial charge in [-0.3, -0.25) is 0 Å². The molecular weight excluding hydrogens is 305 g/mol. The minimum atomic E-state index is 0. The molecule has 0 saturated heterocycles. The largest absolute Gasteiger partial charge is 0.494 e. The molecule has 0 unspecified atom stereocenters. The Morgan fingerprint density at radius 3 is 2.73 bits per heavy atom. The Hall–Kier alpha value is -0.980. The van der Waals surface area contributed by atoms with Crippen molar-refractivity contribution >= 4 is 29.9 Å². The lowest BCUT2D eigenvalue weighted by Crippen LogP contribution is -2.22. The molecule has 5 heteroatoms. The highest BCUT2D eigenvalue weighted by Gasteiger charge is 1.95. The van der Waals surface area contributed by atoms with E-state index < -0.39 is 0 Å². The van der Waals surface area contributed by atoms with Crippen LogP contribution in [0.4, 0.5) is 0 Å². The number of rotatable bonds is 4. The van der Waals surface area contributed by atoms with Gasteiger partial charge in [0.1, 0.15) is 5.75 Å². The number of ether oxygens (including phenoxy) is 1. The fraction of sp³-hybridized carbons (Fsp3) is 0.300. The van der Waals surface area contributed by atoms with Gasteiger partial charge in [-0.25, -0.2) is 4.99 Å². The molecule has 1 aromatic rings. The molecule has 4 N–H and O–H groups in total. The molecule has 1 aromatic carbocycles. The number of hydrogen-bond donors (Lipinski definition) is 2. The predicted octanol–water partition coefficient (Wildman–Crippen LogP) is 1.48. The zero-order chi connectivity index (χ0) is 10.4. The molecule has 1 rings (SSSR count). The maximum Gasteiger partial charge on any atom is 0.186 e. The van der Waals surface area contributed by atoms with E-state index >= 15 is 0 Å². The smallest absolute Gasteiger partial charge is 0.186 e. The van der Waals surface area contributed by atoms with Crippen molar-refractivity contribution in [2.24, 2.45) is 16.5 Å². The van der Waals surface area contributed by atoms with Crippen molar-refractivity contribution in [1.29, 1.82) is 0 Å². The van der Waals surface area contributed by atoms with Crippen molar-refractivity contribution in [3.8, 4) is 5.75 Å². The molecule has 0 fully saturated rings. The first-order valence-corrected chi connectivity index (χ1v) is 4.49. The summed E-state index contributed by atoms with van der Waals surface area (Å²) in [5.41, 5.74) is 11.5. The van der Waals surface area contributed by atoms with Gasteiger partial charge in [-0.05, 0) is 24.6 Å². The molecule has 84 valence electrons. The highest BCUT2D eigenvalue weighted by molar-refractivity contribution is 14.0. The fourth-order valence-electron chi connectivity index (χ4n) is 1.08. The zero-order valence-electron chi connectivity index (χ0n) is 8.64. The molecular formula is C10H16IN3O. The van der Waals surface area contributed by atoms with E-state index in [-0.39, 0.29) is 29.9 Å². The summed E-state index contributed by atoms with van der Waals surface area (Å²) >= 11 is 0. The van der Waals surface area contributed by atoms with Gasteiger partial charge >= 0.3 is 0 Å². The topological polar surface area (TPSA) is 73.6 Å². The number of guanidine groups is 1. The third-order valence-electron chi connectivity index (χ3n) is 1.65. The molecule has 0 amide bonds. The van der Waals surface area contributed by atoms with Gasteiger partial charge in [-0.15, -0.1) is 24.0 Å². The summed E-state index contributed by atoms with van der Waals surface area (Å²) in [6.07, 6.45) is 0. The number of aliphatic imine (C=N–C) groups is 1. The number of benzene rings is 1. The van der Waals surface area contributed by atoms with Gasteiger partial charge in [-0.1, -0.05) is 12.1 Å². The van der Waals surface area contributed by atoms with Crippen molar-refractivity contribution in [2.45, 2.75) is 13.5 Å². The third kappa shape index (κ3) is 5.46. The van der Waals surface area contributed by atoms with E-state index in [0.717, 1.165) is 11.3 Å². The first kappa shape index (κ1) is 14.0. The summed E-state index contributed by atoms with van der Waals surface area (Å²) in [7, 11) is 0. The van der Waals surface area contributed by atoms with Crippen LogP contribution in [0.1, 0.15) is 12.5 Å². The van der Waals surface area contributed by atoms with Crippen molar-refractivity contribution in [1.82, 2.24) is 0 Å². The van der Waals surface area contributed by atoms with Crippen LogP contribution in [0.5, 0.6) is 5.75 Å². The summed E-state index contributed by atoms with van der Waals surface area (Å²) in [4.78, 5) is 3.91. The molecule has 0 aliphatic heterocycles. The Kier molecular flexibility index (Phi) is 6.85. The molecule has 15 heavy (non-hydrogen) atoms. The monoisotopic (exact) mass is 321 g/mol. The van der Waals surface area contributed by atoms with E-state index in [0.29, 0.717) is 13.2 Å². The molecule has 0 saturated carbocycles. The Bertz CT molecular complexity index is 324. The SMILES string of the molecule is CCOc1cccc(CN=C(N)N)c1.I. The van der Waals surface area contributed by atoms with Gasteiger partial charge in [-0.2, -0.15) is 0 Å². The lowest BCUT2D eigenvalue weighted by Gasteiger charge is -2.04. The molecule has 0 atom stereocenters. The van der Waals surface area contributed by atoms with Crippen LogP contribution in [0.3, 0.4) is 0 Å². The lowest BCUT2D eigenvalue weighted by atomic mass is 10.2. The van der Waals surface area contributed by atoms with Gasteiger partial charge < -0.3 is 16.2 Å². The van der Waals surface area contributed by atoms with Crippen LogP contribution in [0.25, 0.3) is 0 Å². The standard InChI is InChI=1S/C10H15N3O.HI/c1-2-14-9-5-3-4-8(6-9)7-13-10(11)12;/h3-6H,2,7H2,1H3,(H4,11,12,13);1H. The number of nitrogens with zero attached hydrogens (tertiary/aromatic N) is 1. The highest BCUT2D eigenvalue weighted by Crippen LogP contribution is 2.13. The summed E-state index contributed by atoms with van der Waals surface area (Å²) in [6, 6.07) is 7.70. The molecule has 0 spiro atoms. The first-order chi connectivity index (χ1) is 6.72. The van der Waals surface area contributed by atoms with Crippen LogP contribution in [-0.2, 0) is 6.54 Å². The molecule has 0 aliphatic carbocycles. The predicted molar refractivity (Wildman–Crippen MR) is 72.5 cm³/mol. The minimum absolute atomic E-state index is 0. The van der Waals surface area contributed by atoms with Gasteiger partial charge in [0, 0.05) is 0 Å². The van der Waals surface area contributed by atoms with Crippen molar-refractivity contribution in [3.63, 3.8) is 0 Å². The molecule has 0 bridgehead atoms. The van der Waals surface area contributed by atoms with E-state index in [4.69, 9.17) is 16.2 Å². The first-order valence-electron chi connectivity index (χ1n) is 4.49. The molecule has 0 heterocycles. The Morgan fingerprint density at radius 2 is 2.13 bits per heavy atom. The number of nitrogens with two attached hydrogens (primary N) is 2. The lowest BCUT2D eigenvalue weighted by molar-refractivity contribution is 0.340. The average Bonchev–Trinajstić information content (AvgIpc) is 2.16. The van der Waals surface area contributed by atoms with Gasteiger partial charge in [0.25, 0.3) is 0 Å². The number of halogens is 1. The Labute approximate surface area is 107 Å². The Balaban J connectivity index is 0.00000196. The highest BCUT2D eigenvalue weighted by atomic mass is 127. The number of hydrogen-bond acceptors (Lipinski definition) is 2. The Morgan fingerprint density at radius 1 is 1.40 bits per heavy atom.